The zero-order chi connectivity index (χ0) is 18.8. The number of amides is 2. The Morgan fingerprint density at radius 1 is 1.23 bits per heavy atom. The van der Waals surface area contributed by atoms with Gasteiger partial charge in [0.15, 0.2) is 0 Å². The van der Waals surface area contributed by atoms with Crippen molar-refractivity contribution in [2.75, 3.05) is 58.4 Å². The van der Waals surface area contributed by atoms with Gasteiger partial charge in [0, 0.05) is 43.4 Å². The molecule has 0 bridgehead atoms. The molecule has 144 valence electrons. The van der Waals surface area contributed by atoms with E-state index in [4.69, 9.17) is 16.3 Å². The van der Waals surface area contributed by atoms with E-state index in [0.29, 0.717) is 23.8 Å². The molecule has 1 fully saturated rings. The van der Waals surface area contributed by atoms with Crippen molar-refractivity contribution in [3.8, 4) is 0 Å². The van der Waals surface area contributed by atoms with E-state index in [1.807, 2.05) is 0 Å². The number of anilines is 1. The summed E-state index contributed by atoms with van der Waals surface area (Å²) >= 11 is 5.87. The van der Waals surface area contributed by atoms with Gasteiger partial charge < -0.3 is 19.7 Å². The van der Waals surface area contributed by atoms with Gasteiger partial charge in [0.25, 0.3) is 0 Å². The smallest absolute Gasteiger partial charge is 0.321 e. The third-order valence-corrected chi connectivity index (χ3v) is 4.45. The molecule has 2 rings (SSSR count). The Morgan fingerprint density at radius 3 is 2.58 bits per heavy atom. The fourth-order valence-electron chi connectivity index (χ4n) is 2.69. The molecule has 0 atom stereocenters. The molecule has 0 saturated carbocycles. The number of morpholine rings is 1. The van der Waals surface area contributed by atoms with Gasteiger partial charge in [-0.25, -0.2) is 4.79 Å². The van der Waals surface area contributed by atoms with Crippen molar-refractivity contribution in [1.29, 1.82) is 0 Å². The van der Waals surface area contributed by atoms with Crippen molar-refractivity contribution in [2.45, 2.75) is 12.8 Å². The molecule has 0 spiro atoms. The maximum Gasteiger partial charge on any atom is 0.321 e. The van der Waals surface area contributed by atoms with Crippen molar-refractivity contribution in [2.24, 2.45) is 0 Å². The third kappa shape index (κ3) is 7.19. The molecule has 0 unspecified atom stereocenters. The fourth-order valence-corrected chi connectivity index (χ4v) is 2.81. The average Bonchev–Trinajstić information content (AvgIpc) is 2.66. The lowest BCUT2D eigenvalue weighted by molar-refractivity contribution is -0.140. The number of nitrogens with one attached hydrogen (secondary N) is 1. The molecule has 8 heteroatoms. The molecule has 0 aliphatic carbocycles. The quantitative estimate of drug-likeness (QED) is 0.698. The van der Waals surface area contributed by atoms with E-state index < -0.39 is 0 Å². The van der Waals surface area contributed by atoms with Gasteiger partial charge in [-0.15, -0.1) is 0 Å². The lowest BCUT2D eigenvalue weighted by Gasteiger charge is -2.28. The van der Waals surface area contributed by atoms with Crippen LogP contribution in [0, 0.1) is 0 Å². The van der Waals surface area contributed by atoms with Crippen molar-refractivity contribution < 1.29 is 19.1 Å². The first-order valence-corrected chi connectivity index (χ1v) is 9.14. The number of esters is 1. The largest absolute Gasteiger partial charge is 0.469 e. The van der Waals surface area contributed by atoms with E-state index in [1.54, 1.807) is 29.2 Å². The normalized spacial score (nSPS) is 14.7. The maximum absolute atomic E-state index is 12.6. The summed E-state index contributed by atoms with van der Waals surface area (Å²) in [5.74, 6) is -0.331. The maximum atomic E-state index is 12.6. The summed E-state index contributed by atoms with van der Waals surface area (Å²) in [7, 11) is 1.35. The highest BCUT2D eigenvalue weighted by atomic mass is 35.5. The number of benzene rings is 1. The number of methoxy groups -OCH3 is 1. The minimum atomic E-state index is -0.331. The molecule has 1 saturated heterocycles. The zero-order valence-corrected chi connectivity index (χ0v) is 15.8. The number of hydrogen-bond acceptors (Lipinski definition) is 5. The number of hydrogen-bond donors (Lipinski definition) is 1. The first-order valence-electron chi connectivity index (χ1n) is 8.77. The second kappa shape index (κ2) is 11.0. The molecule has 1 aromatic rings. The minimum absolute atomic E-state index is 0.169. The molecule has 0 radical (unpaired) electrons. The summed E-state index contributed by atoms with van der Waals surface area (Å²) in [4.78, 5) is 28.0. The third-order valence-electron chi connectivity index (χ3n) is 4.20. The summed E-state index contributed by atoms with van der Waals surface area (Å²) < 4.78 is 10.0. The molecular formula is C18H26ClN3O4. The van der Waals surface area contributed by atoms with Crippen LogP contribution in [-0.2, 0) is 14.3 Å². The number of ether oxygens (including phenoxy) is 2. The minimum Gasteiger partial charge on any atom is -0.469 e. The first kappa shape index (κ1) is 20.5. The lowest BCUT2D eigenvalue weighted by Crippen LogP contribution is -2.41. The first-order chi connectivity index (χ1) is 12.6. The van der Waals surface area contributed by atoms with Crippen LogP contribution in [0.3, 0.4) is 0 Å². The summed E-state index contributed by atoms with van der Waals surface area (Å²) in [6.45, 7) is 5.11. The van der Waals surface area contributed by atoms with Crippen LogP contribution in [0.15, 0.2) is 24.3 Å². The molecule has 1 aliphatic heterocycles. The number of carbonyl (C=O) groups excluding carboxylic acids is 2. The highest BCUT2D eigenvalue weighted by molar-refractivity contribution is 6.30. The van der Waals surface area contributed by atoms with Crippen LogP contribution in [0.4, 0.5) is 10.5 Å². The van der Waals surface area contributed by atoms with Crippen LogP contribution < -0.4 is 5.32 Å². The van der Waals surface area contributed by atoms with Crippen molar-refractivity contribution in [3.63, 3.8) is 0 Å². The molecule has 26 heavy (non-hydrogen) atoms. The zero-order valence-electron chi connectivity index (χ0n) is 15.1. The molecular weight excluding hydrogens is 358 g/mol. The molecule has 0 aromatic heterocycles. The molecule has 1 heterocycles. The van der Waals surface area contributed by atoms with E-state index in [1.165, 1.54) is 7.11 Å². The predicted molar refractivity (Wildman–Crippen MR) is 101 cm³/mol. The van der Waals surface area contributed by atoms with Crippen molar-refractivity contribution in [3.05, 3.63) is 29.3 Å². The Kier molecular flexibility index (Phi) is 8.67. The highest BCUT2D eigenvalue weighted by Gasteiger charge is 2.17. The Balaban J connectivity index is 1.86. The Hall–Kier alpha value is -1.83. The van der Waals surface area contributed by atoms with Gasteiger partial charge in [0.1, 0.15) is 0 Å². The predicted octanol–water partition coefficient (Wildman–Crippen LogP) is 2.46. The van der Waals surface area contributed by atoms with Gasteiger partial charge in [-0.05, 0) is 30.7 Å². The van der Waals surface area contributed by atoms with Gasteiger partial charge in [-0.1, -0.05) is 11.6 Å². The van der Waals surface area contributed by atoms with Crippen LogP contribution in [0.5, 0.6) is 0 Å². The highest BCUT2D eigenvalue weighted by Crippen LogP contribution is 2.14. The summed E-state index contributed by atoms with van der Waals surface area (Å²) in [6.07, 6.45) is 0.997. The average molecular weight is 384 g/mol. The van der Waals surface area contributed by atoms with E-state index in [0.717, 1.165) is 39.3 Å². The van der Waals surface area contributed by atoms with E-state index in [9.17, 15) is 9.59 Å². The second-order valence-corrected chi connectivity index (χ2v) is 6.49. The van der Waals surface area contributed by atoms with Gasteiger partial charge >= 0.3 is 12.0 Å². The molecule has 1 aliphatic rings. The van der Waals surface area contributed by atoms with Crippen LogP contribution in [-0.4, -0.2) is 74.8 Å². The molecule has 7 nitrogen and oxygen atoms in total. The van der Waals surface area contributed by atoms with Gasteiger partial charge in [0.2, 0.25) is 0 Å². The van der Waals surface area contributed by atoms with Crippen LogP contribution in [0.25, 0.3) is 0 Å². The molecule has 1 N–H and O–H groups in total. The Morgan fingerprint density at radius 2 is 1.92 bits per heavy atom. The summed E-state index contributed by atoms with van der Waals surface area (Å²) in [6, 6.07) is 6.68. The second-order valence-electron chi connectivity index (χ2n) is 6.06. The van der Waals surface area contributed by atoms with E-state index in [-0.39, 0.29) is 18.4 Å². The number of nitrogens with zero attached hydrogens (tertiary/aromatic N) is 2. The molecule has 2 amide bonds. The van der Waals surface area contributed by atoms with Crippen molar-refractivity contribution >= 4 is 29.3 Å². The van der Waals surface area contributed by atoms with Crippen LogP contribution in [0.2, 0.25) is 5.02 Å². The Bertz CT molecular complexity index is 576. The van der Waals surface area contributed by atoms with Crippen LogP contribution in [0.1, 0.15) is 12.8 Å². The SMILES string of the molecule is COC(=O)CCN(CCCN1CCOCC1)C(=O)Nc1ccc(Cl)cc1. The van der Waals surface area contributed by atoms with Gasteiger partial charge in [-0.2, -0.15) is 0 Å². The standard InChI is InChI=1S/C18H26ClN3O4/c1-25-17(23)7-10-22(9-2-8-21-11-13-26-14-12-21)18(24)20-16-5-3-15(19)4-6-16/h3-6H,2,7-14H2,1H3,(H,20,24). The summed E-state index contributed by atoms with van der Waals surface area (Å²) in [5.41, 5.74) is 0.663. The topological polar surface area (TPSA) is 71.1 Å². The van der Waals surface area contributed by atoms with E-state index in [2.05, 4.69) is 15.0 Å². The van der Waals surface area contributed by atoms with Gasteiger partial charge in [-0.3, -0.25) is 9.69 Å². The fraction of sp³-hybridized carbons (Fsp3) is 0.556. The molecule has 1 aromatic carbocycles. The van der Waals surface area contributed by atoms with Crippen molar-refractivity contribution in [1.82, 2.24) is 9.80 Å². The Labute approximate surface area is 159 Å². The number of halogens is 1. The number of carbonyl (C=O) groups is 2. The monoisotopic (exact) mass is 383 g/mol. The lowest BCUT2D eigenvalue weighted by atomic mass is 10.3. The van der Waals surface area contributed by atoms with E-state index >= 15 is 0 Å². The number of urea groups is 1. The van der Waals surface area contributed by atoms with Crippen LogP contribution >= 0.6 is 11.6 Å². The number of rotatable bonds is 8. The summed E-state index contributed by atoms with van der Waals surface area (Å²) in [5, 5.41) is 3.45. The van der Waals surface area contributed by atoms with Gasteiger partial charge in [0.05, 0.1) is 26.7 Å².